The molecule has 0 saturated heterocycles. The van der Waals surface area contributed by atoms with Crippen molar-refractivity contribution in [2.45, 2.75) is 13.0 Å². The number of anilines is 2. The molecule has 0 unspecified atom stereocenters. The molecule has 0 spiro atoms. The molecular weight excluding hydrogens is 519 g/mol. The van der Waals surface area contributed by atoms with Crippen LogP contribution in [0.2, 0.25) is 10.0 Å². The summed E-state index contributed by atoms with van der Waals surface area (Å²) in [7, 11) is 1.54. The second-order valence-corrected chi connectivity index (χ2v) is 9.46. The molecule has 3 aromatic carbocycles. The van der Waals surface area contributed by atoms with Gasteiger partial charge in [-0.2, -0.15) is 5.26 Å². The van der Waals surface area contributed by atoms with Crippen LogP contribution >= 0.6 is 23.2 Å². The zero-order chi connectivity index (χ0) is 26.5. The zero-order valence-electron chi connectivity index (χ0n) is 20.6. The predicted molar refractivity (Wildman–Crippen MR) is 152 cm³/mol. The SMILES string of the molecule is COc1cc(Nc2c(C#N)cnc3cc(-c4ccc(CNCCc5ncc[nH]5)cc4)ccc23)c(Cl)cc1Cl. The van der Waals surface area contributed by atoms with Crippen LogP contribution in [-0.4, -0.2) is 28.6 Å². The van der Waals surface area contributed by atoms with Crippen LogP contribution in [0, 0.1) is 11.3 Å². The van der Waals surface area contributed by atoms with Crippen molar-refractivity contribution in [3.05, 3.63) is 100 Å². The van der Waals surface area contributed by atoms with Gasteiger partial charge in [0.2, 0.25) is 0 Å². The lowest BCUT2D eigenvalue weighted by molar-refractivity contribution is 0.415. The number of aromatic amines is 1. The van der Waals surface area contributed by atoms with E-state index >= 15 is 0 Å². The predicted octanol–water partition coefficient (Wildman–Crippen LogP) is 6.89. The van der Waals surface area contributed by atoms with Crippen LogP contribution in [-0.2, 0) is 13.0 Å². The van der Waals surface area contributed by atoms with Crippen LogP contribution in [0.3, 0.4) is 0 Å². The minimum atomic E-state index is 0.402. The maximum absolute atomic E-state index is 9.74. The van der Waals surface area contributed by atoms with E-state index in [1.165, 1.54) is 12.7 Å². The average molecular weight is 543 g/mol. The first-order valence-electron chi connectivity index (χ1n) is 12.0. The average Bonchev–Trinajstić information content (AvgIpc) is 3.46. The second-order valence-electron chi connectivity index (χ2n) is 8.64. The number of pyridine rings is 1. The molecule has 190 valence electrons. The maximum atomic E-state index is 9.74. The summed E-state index contributed by atoms with van der Waals surface area (Å²) in [6.07, 6.45) is 6.02. The van der Waals surface area contributed by atoms with Gasteiger partial charge in [0, 0.05) is 49.6 Å². The Labute approximate surface area is 230 Å². The Kier molecular flexibility index (Phi) is 7.75. The molecule has 38 heavy (non-hydrogen) atoms. The molecule has 0 aliphatic heterocycles. The monoisotopic (exact) mass is 542 g/mol. The minimum Gasteiger partial charge on any atom is -0.495 e. The van der Waals surface area contributed by atoms with Crippen molar-refractivity contribution in [3.63, 3.8) is 0 Å². The number of ether oxygens (including phenoxy) is 1. The van der Waals surface area contributed by atoms with Crippen molar-refractivity contribution in [2.24, 2.45) is 0 Å². The molecular formula is C29H24Cl2N6O. The van der Waals surface area contributed by atoms with Gasteiger partial charge in [-0.05, 0) is 28.8 Å². The molecule has 7 nitrogen and oxygen atoms in total. The third-order valence-corrected chi connectivity index (χ3v) is 6.81. The van der Waals surface area contributed by atoms with Gasteiger partial charge in [-0.1, -0.05) is 59.6 Å². The number of imidazole rings is 1. The zero-order valence-corrected chi connectivity index (χ0v) is 22.1. The Morgan fingerprint density at radius 3 is 2.55 bits per heavy atom. The Morgan fingerprint density at radius 2 is 1.82 bits per heavy atom. The van der Waals surface area contributed by atoms with Gasteiger partial charge in [0.15, 0.2) is 0 Å². The van der Waals surface area contributed by atoms with Gasteiger partial charge in [0.05, 0.1) is 39.6 Å². The van der Waals surface area contributed by atoms with E-state index < -0.39 is 0 Å². The van der Waals surface area contributed by atoms with Gasteiger partial charge in [-0.25, -0.2) is 4.98 Å². The van der Waals surface area contributed by atoms with Crippen LogP contribution in [0.15, 0.2) is 73.2 Å². The van der Waals surface area contributed by atoms with Gasteiger partial charge in [0.25, 0.3) is 0 Å². The van der Waals surface area contributed by atoms with E-state index in [9.17, 15) is 5.26 Å². The van der Waals surface area contributed by atoms with Crippen molar-refractivity contribution in [1.29, 1.82) is 5.26 Å². The number of halogens is 2. The number of rotatable bonds is 9. The van der Waals surface area contributed by atoms with E-state index in [1.807, 2.05) is 24.4 Å². The highest BCUT2D eigenvalue weighted by Gasteiger charge is 2.14. The highest BCUT2D eigenvalue weighted by molar-refractivity contribution is 6.37. The van der Waals surface area contributed by atoms with Crippen LogP contribution in [0.25, 0.3) is 22.0 Å². The summed E-state index contributed by atoms with van der Waals surface area (Å²) >= 11 is 12.6. The number of nitrogens with one attached hydrogen (secondary N) is 3. The number of benzene rings is 3. The summed E-state index contributed by atoms with van der Waals surface area (Å²) in [5, 5.41) is 18.1. The molecule has 0 radical (unpaired) electrons. The van der Waals surface area contributed by atoms with E-state index in [-0.39, 0.29) is 0 Å². The Morgan fingerprint density at radius 1 is 1.00 bits per heavy atom. The van der Waals surface area contributed by atoms with Crippen LogP contribution in [0.4, 0.5) is 11.4 Å². The summed E-state index contributed by atoms with van der Waals surface area (Å²) in [5.41, 5.74) is 5.67. The van der Waals surface area contributed by atoms with Crippen molar-refractivity contribution < 1.29 is 4.74 Å². The van der Waals surface area contributed by atoms with Gasteiger partial charge < -0.3 is 20.4 Å². The molecule has 5 rings (SSSR count). The quantitative estimate of drug-likeness (QED) is 0.175. The fourth-order valence-corrected chi connectivity index (χ4v) is 4.71. The van der Waals surface area contributed by atoms with Crippen LogP contribution < -0.4 is 15.4 Å². The molecule has 5 aromatic rings. The molecule has 0 aliphatic carbocycles. The van der Waals surface area contributed by atoms with E-state index in [4.69, 9.17) is 27.9 Å². The third-order valence-electron chi connectivity index (χ3n) is 6.20. The van der Waals surface area contributed by atoms with Gasteiger partial charge in [-0.3, -0.25) is 4.98 Å². The van der Waals surface area contributed by atoms with Gasteiger partial charge in [-0.15, -0.1) is 0 Å². The highest BCUT2D eigenvalue weighted by atomic mass is 35.5. The fourth-order valence-electron chi connectivity index (χ4n) is 4.20. The first kappa shape index (κ1) is 25.6. The summed E-state index contributed by atoms with van der Waals surface area (Å²) in [6, 6.07) is 20.0. The number of nitrogens with zero attached hydrogens (tertiary/aromatic N) is 3. The smallest absolute Gasteiger partial charge is 0.139 e. The molecule has 3 N–H and O–H groups in total. The highest BCUT2D eigenvalue weighted by Crippen LogP contribution is 2.38. The third kappa shape index (κ3) is 5.58. The molecule has 2 aromatic heterocycles. The lowest BCUT2D eigenvalue weighted by atomic mass is 10.0. The van der Waals surface area contributed by atoms with Crippen molar-refractivity contribution in [3.8, 4) is 22.9 Å². The Bertz CT molecular complexity index is 1610. The fraction of sp³-hybridized carbons (Fsp3) is 0.138. The lowest BCUT2D eigenvalue weighted by Gasteiger charge is -2.15. The van der Waals surface area contributed by atoms with E-state index in [2.05, 4.69) is 55.9 Å². The number of hydrogen-bond acceptors (Lipinski definition) is 6. The first-order valence-corrected chi connectivity index (χ1v) is 12.7. The molecule has 2 heterocycles. The largest absolute Gasteiger partial charge is 0.495 e. The normalized spacial score (nSPS) is 10.9. The number of aromatic nitrogens is 3. The number of H-pyrrole nitrogens is 1. The summed E-state index contributed by atoms with van der Waals surface area (Å²) < 4.78 is 5.32. The van der Waals surface area contributed by atoms with E-state index in [1.54, 1.807) is 24.5 Å². The molecule has 0 fully saturated rings. The van der Waals surface area contributed by atoms with Crippen molar-refractivity contribution >= 4 is 45.5 Å². The van der Waals surface area contributed by atoms with Crippen molar-refractivity contribution in [1.82, 2.24) is 20.3 Å². The van der Waals surface area contributed by atoms with E-state index in [0.29, 0.717) is 32.7 Å². The van der Waals surface area contributed by atoms with Gasteiger partial charge >= 0.3 is 0 Å². The topological polar surface area (TPSA) is 98.7 Å². The van der Waals surface area contributed by atoms with Crippen LogP contribution in [0.5, 0.6) is 5.75 Å². The molecule has 0 atom stereocenters. The molecule has 9 heteroatoms. The number of nitriles is 1. The second kappa shape index (κ2) is 11.5. The Hall–Kier alpha value is -4.09. The minimum absolute atomic E-state index is 0.402. The maximum Gasteiger partial charge on any atom is 0.139 e. The number of hydrogen-bond donors (Lipinski definition) is 3. The summed E-state index contributed by atoms with van der Waals surface area (Å²) in [6.45, 7) is 1.63. The van der Waals surface area contributed by atoms with Crippen LogP contribution in [0.1, 0.15) is 17.0 Å². The Balaban J connectivity index is 1.36. The molecule has 0 saturated carbocycles. The van der Waals surface area contributed by atoms with Crippen molar-refractivity contribution in [2.75, 3.05) is 19.0 Å². The summed E-state index contributed by atoms with van der Waals surface area (Å²) in [4.78, 5) is 11.9. The first-order chi connectivity index (χ1) is 18.6. The molecule has 0 amide bonds. The summed E-state index contributed by atoms with van der Waals surface area (Å²) in [5.74, 6) is 1.46. The molecule has 0 aliphatic rings. The van der Waals surface area contributed by atoms with E-state index in [0.717, 1.165) is 47.4 Å². The van der Waals surface area contributed by atoms with Gasteiger partial charge in [0.1, 0.15) is 17.6 Å². The standard InChI is InChI=1S/C29H24Cl2N6O/c1-38-27-14-26(23(30)13-24(27)31)37-29-21(15-32)17-36-25-12-20(6-7-22(25)29)19-4-2-18(3-5-19)16-33-9-8-28-34-10-11-35-28/h2-7,10-14,17,33H,8-9,16H2,1H3,(H,34,35)(H,36,37). The number of fused-ring (bicyclic) bond motifs is 1. The lowest BCUT2D eigenvalue weighted by Crippen LogP contribution is -2.17. The molecule has 0 bridgehead atoms. The number of methoxy groups -OCH3 is 1.